The van der Waals surface area contributed by atoms with Crippen molar-refractivity contribution in [1.82, 2.24) is 15.6 Å². The molecule has 0 aliphatic rings. The molecule has 0 radical (unpaired) electrons. The summed E-state index contributed by atoms with van der Waals surface area (Å²) < 4.78 is 0. The number of aromatic nitrogens is 1. The smallest absolute Gasteiger partial charge is 0.270 e. The van der Waals surface area contributed by atoms with Crippen LogP contribution in [-0.2, 0) is 4.79 Å². The van der Waals surface area contributed by atoms with Crippen LogP contribution in [0.4, 0.5) is 5.69 Å². The van der Waals surface area contributed by atoms with Gasteiger partial charge in [0, 0.05) is 48.1 Å². The average molecular weight is 360 g/mol. The van der Waals surface area contributed by atoms with Gasteiger partial charge in [0.1, 0.15) is 0 Å². The van der Waals surface area contributed by atoms with Crippen molar-refractivity contribution in [3.63, 3.8) is 0 Å². The van der Waals surface area contributed by atoms with Crippen LogP contribution in [-0.4, -0.2) is 34.3 Å². The maximum absolute atomic E-state index is 12.4. The van der Waals surface area contributed by atoms with Crippen LogP contribution in [0.1, 0.15) is 37.0 Å². The molecule has 2 rings (SSSR count). The number of nitrogens with zero attached hydrogens (tertiary/aromatic N) is 1. The number of pyridine rings is 1. The Hall–Kier alpha value is -3.23. The van der Waals surface area contributed by atoms with E-state index < -0.39 is 16.4 Å². The number of rotatable bonds is 7. The van der Waals surface area contributed by atoms with E-state index in [0.29, 0.717) is 5.52 Å². The summed E-state index contributed by atoms with van der Waals surface area (Å²) in [6.45, 7) is 3.92. The van der Waals surface area contributed by atoms with Gasteiger partial charge in [-0.2, -0.15) is 0 Å². The van der Waals surface area contributed by atoms with Crippen molar-refractivity contribution < 1.29 is 14.5 Å². The number of carbonyl (C=O) groups excluding carboxylic acids is 2. The van der Waals surface area contributed by atoms with E-state index in [-0.39, 0.29) is 41.6 Å². The standard InChI is InChI=1S/C17H20N4O5/c1-3-10(2)19-15(22)6-7-18-17(24)13-9-16(23)20-14-5-4-11(21(25)26)8-12(13)14/h4-5,8-10H,3,6-7H2,1-2H3,(H,18,24)(H,19,22)(H,20,23)/t10-/m1/s1. The highest BCUT2D eigenvalue weighted by Crippen LogP contribution is 2.21. The number of aromatic amines is 1. The number of non-ortho nitro benzene ring substituents is 1. The molecule has 0 fully saturated rings. The molecule has 0 unspecified atom stereocenters. The number of nitro benzene ring substituents is 1. The Balaban J connectivity index is 2.16. The zero-order valence-corrected chi connectivity index (χ0v) is 14.5. The fourth-order valence-corrected chi connectivity index (χ4v) is 2.38. The second-order valence-corrected chi connectivity index (χ2v) is 5.92. The van der Waals surface area contributed by atoms with E-state index in [4.69, 9.17) is 0 Å². The van der Waals surface area contributed by atoms with Crippen molar-refractivity contribution in [3.8, 4) is 0 Å². The van der Waals surface area contributed by atoms with Gasteiger partial charge in [0.2, 0.25) is 11.5 Å². The Labute approximate surface area is 148 Å². The summed E-state index contributed by atoms with van der Waals surface area (Å²) in [5.41, 5.74) is -0.338. The number of carbonyl (C=O) groups is 2. The van der Waals surface area contributed by atoms with Gasteiger partial charge in [-0.1, -0.05) is 6.92 Å². The second-order valence-electron chi connectivity index (χ2n) is 5.92. The van der Waals surface area contributed by atoms with Crippen molar-refractivity contribution in [2.24, 2.45) is 0 Å². The fourth-order valence-electron chi connectivity index (χ4n) is 2.38. The number of nitro groups is 1. The molecule has 0 aliphatic carbocycles. The van der Waals surface area contributed by atoms with Crippen LogP contribution in [0.15, 0.2) is 29.1 Å². The summed E-state index contributed by atoms with van der Waals surface area (Å²) in [6.07, 6.45) is 0.896. The molecule has 0 saturated carbocycles. The van der Waals surface area contributed by atoms with Gasteiger partial charge in [-0.25, -0.2) is 0 Å². The topological polar surface area (TPSA) is 134 Å². The number of nitrogens with one attached hydrogen (secondary N) is 3. The number of hydrogen-bond acceptors (Lipinski definition) is 5. The van der Waals surface area contributed by atoms with Crippen LogP contribution in [0.5, 0.6) is 0 Å². The number of amides is 2. The molecule has 0 spiro atoms. The lowest BCUT2D eigenvalue weighted by atomic mass is 10.1. The summed E-state index contributed by atoms with van der Waals surface area (Å²) >= 11 is 0. The molecule has 1 atom stereocenters. The first-order valence-corrected chi connectivity index (χ1v) is 8.20. The first-order valence-electron chi connectivity index (χ1n) is 8.20. The van der Waals surface area contributed by atoms with Gasteiger partial charge in [0.25, 0.3) is 11.6 Å². The average Bonchev–Trinajstić information content (AvgIpc) is 2.60. The van der Waals surface area contributed by atoms with Gasteiger partial charge >= 0.3 is 0 Å². The Morgan fingerprint density at radius 1 is 1.31 bits per heavy atom. The van der Waals surface area contributed by atoms with E-state index in [0.717, 1.165) is 12.5 Å². The van der Waals surface area contributed by atoms with E-state index in [1.54, 1.807) is 0 Å². The lowest BCUT2D eigenvalue weighted by Gasteiger charge is -2.12. The van der Waals surface area contributed by atoms with Gasteiger partial charge in [0.05, 0.1) is 10.5 Å². The zero-order valence-electron chi connectivity index (χ0n) is 14.5. The van der Waals surface area contributed by atoms with Gasteiger partial charge < -0.3 is 15.6 Å². The Bertz CT molecular complexity index is 906. The van der Waals surface area contributed by atoms with Gasteiger partial charge in [-0.3, -0.25) is 24.5 Å². The maximum atomic E-state index is 12.4. The monoisotopic (exact) mass is 360 g/mol. The van der Waals surface area contributed by atoms with E-state index in [9.17, 15) is 24.5 Å². The second kappa shape index (κ2) is 8.24. The molecule has 0 bridgehead atoms. The van der Waals surface area contributed by atoms with E-state index >= 15 is 0 Å². The van der Waals surface area contributed by atoms with Crippen molar-refractivity contribution in [1.29, 1.82) is 0 Å². The molecule has 138 valence electrons. The summed E-state index contributed by atoms with van der Waals surface area (Å²) in [4.78, 5) is 48.7. The van der Waals surface area contributed by atoms with E-state index in [1.807, 2.05) is 13.8 Å². The molecule has 0 aliphatic heterocycles. The fraction of sp³-hybridized carbons (Fsp3) is 0.353. The van der Waals surface area contributed by atoms with Crippen LogP contribution < -0.4 is 16.2 Å². The van der Waals surface area contributed by atoms with Gasteiger partial charge in [-0.15, -0.1) is 0 Å². The van der Waals surface area contributed by atoms with Crippen molar-refractivity contribution in [2.45, 2.75) is 32.7 Å². The molecule has 9 heteroatoms. The highest BCUT2D eigenvalue weighted by molar-refractivity contribution is 6.06. The summed E-state index contributed by atoms with van der Waals surface area (Å²) in [5.74, 6) is -0.760. The van der Waals surface area contributed by atoms with E-state index in [2.05, 4.69) is 15.6 Å². The minimum atomic E-state index is -0.578. The minimum Gasteiger partial charge on any atom is -0.354 e. The van der Waals surface area contributed by atoms with Crippen molar-refractivity contribution in [2.75, 3.05) is 6.54 Å². The third-order valence-electron chi connectivity index (χ3n) is 3.94. The normalized spacial score (nSPS) is 11.8. The summed E-state index contributed by atoms with van der Waals surface area (Å²) in [5, 5.41) is 16.6. The Morgan fingerprint density at radius 2 is 2.04 bits per heavy atom. The SMILES string of the molecule is CC[C@@H](C)NC(=O)CCNC(=O)c1cc(=O)[nH]c2ccc([N+](=O)[O-])cc12. The van der Waals surface area contributed by atoms with E-state index in [1.165, 1.54) is 18.2 Å². The van der Waals surface area contributed by atoms with Crippen molar-refractivity contribution >= 4 is 28.4 Å². The number of benzene rings is 1. The van der Waals surface area contributed by atoms with Crippen LogP contribution in [0, 0.1) is 10.1 Å². The molecule has 0 saturated heterocycles. The van der Waals surface area contributed by atoms with Gasteiger partial charge in [0.15, 0.2) is 0 Å². The molecule has 3 N–H and O–H groups in total. The van der Waals surface area contributed by atoms with Crippen molar-refractivity contribution in [3.05, 3.63) is 50.3 Å². The lowest BCUT2D eigenvalue weighted by Crippen LogP contribution is -2.35. The number of fused-ring (bicyclic) bond motifs is 1. The largest absolute Gasteiger partial charge is 0.354 e. The molecule has 9 nitrogen and oxygen atoms in total. The first-order chi connectivity index (χ1) is 12.3. The molecule has 1 aromatic carbocycles. The molecule has 2 amide bonds. The molecule has 1 heterocycles. The molecule has 26 heavy (non-hydrogen) atoms. The minimum absolute atomic E-state index is 0.0229. The number of hydrogen-bond donors (Lipinski definition) is 3. The Kier molecular flexibility index (Phi) is 6.05. The summed E-state index contributed by atoms with van der Waals surface area (Å²) in [6, 6.07) is 5.00. The zero-order chi connectivity index (χ0) is 19.3. The third kappa shape index (κ3) is 4.65. The summed E-state index contributed by atoms with van der Waals surface area (Å²) in [7, 11) is 0. The molecular formula is C17H20N4O5. The lowest BCUT2D eigenvalue weighted by molar-refractivity contribution is -0.384. The van der Waals surface area contributed by atoms with Crippen LogP contribution >= 0.6 is 0 Å². The predicted octanol–water partition coefficient (Wildman–Crippen LogP) is 1.47. The van der Waals surface area contributed by atoms with Crippen LogP contribution in [0.2, 0.25) is 0 Å². The highest BCUT2D eigenvalue weighted by atomic mass is 16.6. The first kappa shape index (κ1) is 19.1. The molecular weight excluding hydrogens is 340 g/mol. The van der Waals surface area contributed by atoms with Crippen LogP contribution in [0.3, 0.4) is 0 Å². The maximum Gasteiger partial charge on any atom is 0.270 e. The highest BCUT2D eigenvalue weighted by Gasteiger charge is 2.15. The van der Waals surface area contributed by atoms with Crippen LogP contribution in [0.25, 0.3) is 10.9 Å². The molecule has 1 aromatic heterocycles. The predicted molar refractivity (Wildman–Crippen MR) is 96.1 cm³/mol. The number of H-pyrrole nitrogens is 1. The quantitative estimate of drug-likeness (QED) is 0.508. The van der Waals surface area contributed by atoms with Gasteiger partial charge in [-0.05, 0) is 19.4 Å². The third-order valence-corrected chi connectivity index (χ3v) is 3.94. The molecule has 2 aromatic rings. The Morgan fingerprint density at radius 3 is 2.69 bits per heavy atom.